The van der Waals surface area contributed by atoms with E-state index in [2.05, 4.69) is 25.9 Å². The monoisotopic (exact) mass is 399 g/mol. The predicted molar refractivity (Wildman–Crippen MR) is 111 cm³/mol. The van der Waals surface area contributed by atoms with Crippen LogP contribution in [0.1, 0.15) is 47.1 Å². The van der Waals surface area contributed by atoms with E-state index in [1.807, 2.05) is 26.8 Å². The first-order valence-corrected chi connectivity index (χ1v) is 9.59. The summed E-state index contributed by atoms with van der Waals surface area (Å²) in [7, 11) is 3.13. The molecule has 0 N–H and O–H groups in total. The molecule has 3 rings (SSSR count). The lowest BCUT2D eigenvalue weighted by Gasteiger charge is -2.38. The van der Waals surface area contributed by atoms with Crippen LogP contribution in [-0.2, 0) is 14.4 Å². The Morgan fingerprint density at radius 1 is 0.931 bits per heavy atom. The first-order chi connectivity index (χ1) is 13.4. The molecule has 2 aliphatic rings. The molecule has 0 saturated heterocycles. The molecule has 1 aliphatic heterocycles. The quantitative estimate of drug-likeness (QED) is 0.741. The maximum atomic E-state index is 13.2. The van der Waals surface area contributed by atoms with Gasteiger partial charge in [-0.3, -0.25) is 4.79 Å². The van der Waals surface area contributed by atoms with Gasteiger partial charge in [-0.15, -0.1) is 0 Å². The van der Waals surface area contributed by atoms with Crippen LogP contribution in [0.25, 0.3) is 0 Å². The van der Waals surface area contributed by atoms with Gasteiger partial charge >= 0.3 is 5.79 Å². The van der Waals surface area contributed by atoms with Crippen molar-refractivity contribution < 1.29 is 23.8 Å². The number of methoxy groups -OCH3 is 2. The van der Waals surface area contributed by atoms with Crippen molar-refractivity contribution >= 4 is 11.7 Å². The number of allylic oxidation sites excluding steroid dienone is 2. The van der Waals surface area contributed by atoms with Crippen LogP contribution in [0.5, 0.6) is 11.5 Å². The molecule has 1 aliphatic carbocycles. The van der Waals surface area contributed by atoms with Crippen LogP contribution in [0.4, 0.5) is 0 Å². The first kappa shape index (κ1) is 21.0. The van der Waals surface area contributed by atoms with Gasteiger partial charge in [-0.25, -0.2) is 0 Å². The van der Waals surface area contributed by atoms with Crippen LogP contribution in [0.15, 0.2) is 46.7 Å². The van der Waals surface area contributed by atoms with Crippen LogP contribution < -0.4 is 9.47 Å². The van der Waals surface area contributed by atoms with Crippen molar-refractivity contribution in [2.75, 3.05) is 14.2 Å². The minimum atomic E-state index is -1.59. The van der Waals surface area contributed by atoms with E-state index in [0.717, 1.165) is 11.1 Å². The second-order valence-electron chi connectivity index (χ2n) is 9.30. The Labute approximate surface area is 172 Å². The van der Waals surface area contributed by atoms with E-state index in [1.54, 1.807) is 38.5 Å². The van der Waals surface area contributed by atoms with Crippen LogP contribution in [0.2, 0.25) is 0 Å². The van der Waals surface area contributed by atoms with Crippen molar-refractivity contribution in [1.29, 1.82) is 0 Å². The highest BCUT2D eigenvalue weighted by Crippen LogP contribution is 2.46. The number of rotatable bonds is 3. The molecule has 6 nitrogen and oxygen atoms in total. The summed E-state index contributed by atoms with van der Waals surface area (Å²) < 4.78 is 16.8. The Bertz CT molecular complexity index is 928. The maximum absolute atomic E-state index is 13.2. The number of carbonyl (C=O) groups excluding carboxylic acids is 1. The third kappa shape index (κ3) is 3.63. The average molecular weight is 399 g/mol. The molecule has 0 saturated carbocycles. The smallest absolute Gasteiger partial charge is 0.364 e. The fourth-order valence-corrected chi connectivity index (χ4v) is 3.36. The van der Waals surface area contributed by atoms with Crippen molar-refractivity contribution in [3.05, 3.63) is 47.1 Å². The third-order valence-electron chi connectivity index (χ3n) is 5.07. The molecule has 6 heteroatoms. The van der Waals surface area contributed by atoms with Gasteiger partial charge in [0.2, 0.25) is 5.78 Å². The third-order valence-corrected chi connectivity index (χ3v) is 5.07. The lowest BCUT2D eigenvalue weighted by Crippen LogP contribution is -2.48. The normalized spacial score (nSPS) is 21.8. The van der Waals surface area contributed by atoms with Gasteiger partial charge < -0.3 is 19.0 Å². The second-order valence-corrected chi connectivity index (χ2v) is 9.30. The number of benzene rings is 1. The molecule has 1 aromatic rings. The van der Waals surface area contributed by atoms with E-state index in [-0.39, 0.29) is 22.5 Å². The zero-order chi connectivity index (χ0) is 21.6. The van der Waals surface area contributed by atoms with Crippen molar-refractivity contribution in [3.63, 3.8) is 0 Å². The predicted octanol–water partition coefficient (Wildman–Crippen LogP) is 4.64. The van der Waals surface area contributed by atoms with Crippen LogP contribution in [0.3, 0.4) is 0 Å². The van der Waals surface area contributed by atoms with Crippen molar-refractivity contribution in [2.45, 2.75) is 47.3 Å². The van der Waals surface area contributed by atoms with Crippen LogP contribution >= 0.6 is 0 Å². The SMILES string of the molecule is COc1ccc(C2=NOC3(O2)C(=O)C=C(C(C)(C)C)C=C3C(C)(C)C)cc1OC. The summed E-state index contributed by atoms with van der Waals surface area (Å²) in [6.07, 6.45) is 3.61. The van der Waals surface area contributed by atoms with Crippen LogP contribution in [0, 0.1) is 10.8 Å². The molecule has 1 atom stereocenters. The van der Waals surface area contributed by atoms with Gasteiger partial charge in [0.1, 0.15) is 0 Å². The summed E-state index contributed by atoms with van der Waals surface area (Å²) in [5, 5.41) is 4.12. The Morgan fingerprint density at radius 2 is 1.59 bits per heavy atom. The van der Waals surface area contributed by atoms with E-state index < -0.39 is 5.79 Å². The standard InChI is InChI=1S/C23H29NO5/c1-21(2,3)15-12-18(22(4,5)6)23(19(25)13-15)28-20(24-29-23)14-9-10-16(26-7)17(11-14)27-8/h9-13H,1-8H3. The summed E-state index contributed by atoms with van der Waals surface area (Å²) in [5.74, 6) is -0.507. The minimum absolute atomic E-state index is 0.181. The Morgan fingerprint density at radius 3 is 2.14 bits per heavy atom. The number of oxime groups is 1. The molecule has 0 bridgehead atoms. The molecule has 29 heavy (non-hydrogen) atoms. The number of nitrogens with zero attached hydrogens (tertiary/aromatic N) is 1. The topological polar surface area (TPSA) is 66.3 Å². The molecule has 1 unspecified atom stereocenters. The van der Waals surface area contributed by atoms with Crippen molar-refractivity contribution in [2.24, 2.45) is 16.0 Å². The summed E-state index contributed by atoms with van der Waals surface area (Å²) in [4.78, 5) is 19.0. The van der Waals surface area contributed by atoms with E-state index in [0.29, 0.717) is 17.1 Å². The van der Waals surface area contributed by atoms with Crippen molar-refractivity contribution in [3.8, 4) is 11.5 Å². The van der Waals surface area contributed by atoms with Gasteiger partial charge in [0.05, 0.1) is 14.2 Å². The highest BCUT2D eigenvalue weighted by atomic mass is 16.8. The Balaban J connectivity index is 2.01. The zero-order valence-corrected chi connectivity index (χ0v) is 18.4. The Hall–Kier alpha value is -2.76. The lowest BCUT2D eigenvalue weighted by molar-refractivity contribution is -0.167. The van der Waals surface area contributed by atoms with E-state index in [9.17, 15) is 4.79 Å². The molecular formula is C23H29NO5. The molecule has 0 aromatic heterocycles. The molecule has 0 fully saturated rings. The number of hydrogen-bond donors (Lipinski definition) is 0. The van der Waals surface area contributed by atoms with Crippen molar-refractivity contribution in [1.82, 2.24) is 0 Å². The average Bonchev–Trinajstić information content (AvgIpc) is 3.07. The first-order valence-electron chi connectivity index (χ1n) is 9.59. The largest absolute Gasteiger partial charge is 0.493 e. The van der Waals surface area contributed by atoms with Gasteiger partial charge in [0.25, 0.3) is 5.90 Å². The second kappa shape index (κ2) is 6.94. The number of ketones is 1. The summed E-state index contributed by atoms with van der Waals surface area (Å²) in [6.45, 7) is 12.3. The molecular weight excluding hydrogens is 370 g/mol. The highest BCUT2D eigenvalue weighted by Gasteiger charge is 2.56. The molecule has 1 heterocycles. The number of hydrogen-bond acceptors (Lipinski definition) is 6. The van der Waals surface area contributed by atoms with Crippen LogP contribution in [-0.4, -0.2) is 31.7 Å². The number of ether oxygens (including phenoxy) is 3. The molecule has 0 radical (unpaired) electrons. The molecule has 1 aromatic carbocycles. The van der Waals surface area contributed by atoms with Gasteiger partial charge in [-0.2, -0.15) is 0 Å². The zero-order valence-electron chi connectivity index (χ0n) is 18.4. The van der Waals surface area contributed by atoms with Gasteiger partial charge in [0.15, 0.2) is 11.5 Å². The van der Waals surface area contributed by atoms with E-state index in [1.165, 1.54) is 0 Å². The van der Waals surface area contributed by atoms with E-state index in [4.69, 9.17) is 19.0 Å². The molecule has 0 amide bonds. The fraction of sp³-hybridized carbons (Fsp3) is 0.478. The molecule has 156 valence electrons. The summed E-state index contributed by atoms with van der Waals surface area (Å²) in [5.41, 5.74) is 1.75. The van der Waals surface area contributed by atoms with Gasteiger partial charge in [-0.05, 0) is 45.8 Å². The number of carbonyl (C=O) groups is 1. The maximum Gasteiger partial charge on any atom is 0.364 e. The minimum Gasteiger partial charge on any atom is -0.493 e. The van der Waals surface area contributed by atoms with Gasteiger partial charge in [-0.1, -0.05) is 47.6 Å². The molecule has 1 spiro atoms. The Kier molecular flexibility index (Phi) is 5.01. The summed E-state index contributed by atoms with van der Waals surface area (Å²) in [6, 6.07) is 5.28. The highest BCUT2D eigenvalue weighted by molar-refractivity contribution is 6.06. The van der Waals surface area contributed by atoms with E-state index >= 15 is 0 Å². The summed E-state index contributed by atoms with van der Waals surface area (Å²) >= 11 is 0. The lowest BCUT2D eigenvalue weighted by atomic mass is 9.72. The fourth-order valence-electron chi connectivity index (χ4n) is 3.36. The van der Waals surface area contributed by atoms with Gasteiger partial charge in [0, 0.05) is 11.1 Å².